The molecule has 0 unspecified atom stereocenters. The molecule has 2 aromatic rings. The normalized spacial score (nSPS) is 10.3. The number of nitrogens with zero attached hydrogens (tertiary/aromatic N) is 2. The molecule has 0 radical (unpaired) electrons. The standard InChI is InChI=1S/C11H8F3N3/c12-8-3-10(14)11(4-9(8)13)16-5-7-1-2-15-6-17-7/h1-4,6,16H,5H2. The minimum Gasteiger partial charge on any atom is -0.377 e. The molecule has 1 N–H and O–H groups in total. The topological polar surface area (TPSA) is 37.8 Å². The molecular weight excluding hydrogens is 231 g/mol. The van der Waals surface area contributed by atoms with Crippen molar-refractivity contribution >= 4 is 5.69 Å². The zero-order valence-corrected chi connectivity index (χ0v) is 8.62. The molecule has 0 atom stereocenters. The van der Waals surface area contributed by atoms with Crippen molar-refractivity contribution in [1.82, 2.24) is 9.97 Å². The Bertz CT molecular complexity index is 517. The summed E-state index contributed by atoms with van der Waals surface area (Å²) in [7, 11) is 0. The van der Waals surface area contributed by atoms with Crippen LogP contribution in [-0.2, 0) is 6.54 Å². The van der Waals surface area contributed by atoms with E-state index in [2.05, 4.69) is 15.3 Å². The number of halogens is 3. The predicted octanol–water partition coefficient (Wildman–Crippen LogP) is 2.51. The maximum absolute atomic E-state index is 13.2. The number of nitrogens with one attached hydrogen (secondary N) is 1. The van der Waals surface area contributed by atoms with Crippen LogP contribution in [0, 0.1) is 17.5 Å². The van der Waals surface area contributed by atoms with Crippen LogP contribution in [0.5, 0.6) is 0 Å². The number of anilines is 1. The van der Waals surface area contributed by atoms with Gasteiger partial charge in [0.25, 0.3) is 0 Å². The largest absolute Gasteiger partial charge is 0.377 e. The van der Waals surface area contributed by atoms with Gasteiger partial charge >= 0.3 is 0 Å². The summed E-state index contributed by atoms with van der Waals surface area (Å²) in [6.45, 7) is 0.199. The van der Waals surface area contributed by atoms with Crippen molar-refractivity contribution < 1.29 is 13.2 Å². The van der Waals surface area contributed by atoms with Crippen molar-refractivity contribution in [2.45, 2.75) is 6.54 Å². The molecule has 88 valence electrons. The highest BCUT2D eigenvalue weighted by Gasteiger charge is 2.09. The van der Waals surface area contributed by atoms with E-state index >= 15 is 0 Å². The third kappa shape index (κ3) is 2.72. The van der Waals surface area contributed by atoms with E-state index < -0.39 is 17.5 Å². The molecule has 0 saturated heterocycles. The summed E-state index contributed by atoms with van der Waals surface area (Å²) >= 11 is 0. The van der Waals surface area contributed by atoms with Crippen molar-refractivity contribution in [1.29, 1.82) is 0 Å². The van der Waals surface area contributed by atoms with Crippen LogP contribution >= 0.6 is 0 Å². The Morgan fingerprint density at radius 3 is 2.53 bits per heavy atom. The van der Waals surface area contributed by atoms with Gasteiger partial charge in [0.1, 0.15) is 12.1 Å². The fraction of sp³-hybridized carbons (Fsp3) is 0.0909. The molecular formula is C11H8F3N3. The zero-order chi connectivity index (χ0) is 12.3. The lowest BCUT2D eigenvalue weighted by molar-refractivity contribution is 0.496. The Kier molecular flexibility index (Phi) is 3.22. The van der Waals surface area contributed by atoms with E-state index in [1.54, 1.807) is 6.07 Å². The van der Waals surface area contributed by atoms with Crippen LogP contribution in [0.15, 0.2) is 30.7 Å². The summed E-state index contributed by atoms with van der Waals surface area (Å²) in [4.78, 5) is 7.62. The minimum absolute atomic E-state index is 0.109. The van der Waals surface area contributed by atoms with Gasteiger partial charge in [-0.3, -0.25) is 0 Å². The highest BCUT2D eigenvalue weighted by molar-refractivity contribution is 5.45. The lowest BCUT2D eigenvalue weighted by Gasteiger charge is -2.07. The van der Waals surface area contributed by atoms with Gasteiger partial charge < -0.3 is 5.32 Å². The van der Waals surface area contributed by atoms with Crippen LogP contribution in [0.4, 0.5) is 18.9 Å². The van der Waals surface area contributed by atoms with Gasteiger partial charge in [-0.05, 0) is 6.07 Å². The Morgan fingerprint density at radius 2 is 1.82 bits per heavy atom. The smallest absolute Gasteiger partial charge is 0.161 e. The summed E-state index contributed by atoms with van der Waals surface area (Å²) in [5, 5.41) is 2.63. The molecule has 0 aliphatic heterocycles. The van der Waals surface area contributed by atoms with Crippen molar-refractivity contribution in [2.24, 2.45) is 0 Å². The number of rotatable bonds is 3. The lowest BCUT2D eigenvalue weighted by atomic mass is 10.2. The van der Waals surface area contributed by atoms with E-state index in [4.69, 9.17) is 0 Å². The third-order valence-corrected chi connectivity index (χ3v) is 2.11. The second-order valence-electron chi connectivity index (χ2n) is 3.30. The maximum Gasteiger partial charge on any atom is 0.161 e. The van der Waals surface area contributed by atoms with Gasteiger partial charge in [-0.25, -0.2) is 23.1 Å². The second kappa shape index (κ2) is 4.82. The SMILES string of the molecule is Fc1cc(F)c(NCc2ccncn2)cc1F. The van der Waals surface area contributed by atoms with Gasteiger partial charge in [0.15, 0.2) is 11.6 Å². The molecule has 0 aliphatic rings. The quantitative estimate of drug-likeness (QED) is 0.836. The van der Waals surface area contributed by atoms with E-state index in [1.165, 1.54) is 12.5 Å². The first-order valence-corrected chi connectivity index (χ1v) is 4.80. The molecule has 0 aliphatic carbocycles. The van der Waals surface area contributed by atoms with Crippen LogP contribution < -0.4 is 5.32 Å². The van der Waals surface area contributed by atoms with Crippen LogP contribution in [0.25, 0.3) is 0 Å². The molecule has 0 bridgehead atoms. The molecule has 0 saturated carbocycles. The van der Waals surface area contributed by atoms with E-state index in [0.717, 1.165) is 6.07 Å². The molecule has 2 rings (SSSR count). The van der Waals surface area contributed by atoms with Gasteiger partial charge in [-0.15, -0.1) is 0 Å². The number of hydrogen-bond donors (Lipinski definition) is 1. The first-order valence-electron chi connectivity index (χ1n) is 4.80. The first-order chi connectivity index (χ1) is 8.16. The molecule has 1 aromatic carbocycles. The number of hydrogen-bond acceptors (Lipinski definition) is 3. The zero-order valence-electron chi connectivity index (χ0n) is 8.62. The van der Waals surface area contributed by atoms with E-state index in [9.17, 15) is 13.2 Å². The summed E-state index contributed by atoms with van der Waals surface area (Å²) in [6, 6.07) is 2.90. The average molecular weight is 239 g/mol. The van der Waals surface area contributed by atoms with Gasteiger partial charge in [0.2, 0.25) is 0 Å². The van der Waals surface area contributed by atoms with Crippen LogP contribution in [0.1, 0.15) is 5.69 Å². The lowest BCUT2D eigenvalue weighted by Crippen LogP contribution is -2.04. The van der Waals surface area contributed by atoms with E-state index in [1.807, 2.05) is 0 Å². The molecule has 17 heavy (non-hydrogen) atoms. The fourth-order valence-electron chi connectivity index (χ4n) is 1.27. The molecule has 3 nitrogen and oxygen atoms in total. The average Bonchev–Trinajstić information content (AvgIpc) is 2.33. The summed E-state index contributed by atoms with van der Waals surface area (Å²) in [6.07, 6.45) is 2.88. The minimum atomic E-state index is -1.21. The van der Waals surface area contributed by atoms with Gasteiger partial charge in [0, 0.05) is 18.3 Å². The van der Waals surface area contributed by atoms with Gasteiger partial charge in [-0.2, -0.15) is 0 Å². The van der Waals surface area contributed by atoms with Crippen molar-refractivity contribution in [3.63, 3.8) is 0 Å². The number of aromatic nitrogens is 2. The maximum atomic E-state index is 13.2. The molecule has 6 heteroatoms. The van der Waals surface area contributed by atoms with Crippen LogP contribution in [0.3, 0.4) is 0 Å². The first kappa shape index (κ1) is 11.4. The van der Waals surface area contributed by atoms with E-state index in [-0.39, 0.29) is 12.2 Å². The van der Waals surface area contributed by atoms with E-state index in [0.29, 0.717) is 11.8 Å². The fourth-order valence-corrected chi connectivity index (χ4v) is 1.27. The van der Waals surface area contributed by atoms with Crippen molar-refractivity contribution in [3.8, 4) is 0 Å². The molecule has 0 amide bonds. The highest BCUT2D eigenvalue weighted by atomic mass is 19.2. The Balaban J connectivity index is 2.12. The molecule has 0 fully saturated rings. The summed E-state index contributed by atoms with van der Waals surface area (Å²) in [5.41, 5.74) is 0.506. The van der Waals surface area contributed by atoms with Gasteiger partial charge in [0.05, 0.1) is 17.9 Å². The second-order valence-corrected chi connectivity index (χ2v) is 3.30. The highest BCUT2D eigenvalue weighted by Crippen LogP contribution is 2.18. The molecule has 0 spiro atoms. The summed E-state index contributed by atoms with van der Waals surface area (Å²) in [5.74, 6) is -3.16. The van der Waals surface area contributed by atoms with Gasteiger partial charge in [-0.1, -0.05) is 0 Å². The molecule has 1 heterocycles. The Hall–Kier alpha value is -2.11. The predicted molar refractivity (Wildman–Crippen MR) is 55.7 cm³/mol. The molecule has 1 aromatic heterocycles. The Morgan fingerprint density at radius 1 is 1.06 bits per heavy atom. The Labute approximate surface area is 95.3 Å². The van der Waals surface area contributed by atoms with Crippen LogP contribution in [0.2, 0.25) is 0 Å². The van der Waals surface area contributed by atoms with Crippen LogP contribution in [-0.4, -0.2) is 9.97 Å². The monoisotopic (exact) mass is 239 g/mol. The number of benzene rings is 1. The van der Waals surface area contributed by atoms with Crippen molar-refractivity contribution in [2.75, 3.05) is 5.32 Å². The van der Waals surface area contributed by atoms with Crippen molar-refractivity contribution in [3.05, 3.63) is 53.9 Å². The summed E-state index contributed by atoms with van der Waals surface area (Å²) < 4.78 is 38.8. The third-order valence-electron chi connectivity index (χ3n) is 2.11.